The number of aliphatic hydroxyl groups excluding tert-OH is 1. The molecule has 0 aliphatic heterocycles. The maximum Gasteiger partial charge on any atom is 0.273 e. The van der Waals surface area contributed by atoms with Gasteiger partial charge in [0.15, 0.2) is 5.69 Å². The van der Waals surface area contributed by atoms with Crippen LogP contribution < -0.4 is 11.1 Å². The van der Waals surface area contributed by atoms with Crippen molar-refractivity contribution in [2.75, 3.05) is 18.9 Å². The fourth-order valence-electron chi connectivity index (χ4n) is 2.05. The van der Waals surface area contributed by atoms with Crippen LogP contribution in [0.25, 0.3) is 0 Å². The number of nitrogens with zero attached hydrogens (tertiary/aromatic N) is 1. The van der Waals surface area contributed by atoms with Crippen LogP contribution >= 0.6 is 0 Å². The molecule has 1 heterocycles. The number of carbonyl (C=O) groups excluding carboxylic acids is 1. The Hall–Kier alpha value is -1.56. The Morgan fingerprint density at radius 2 is 2.20 bits per heavy atom. The zero-order chi connectivity index (χ0) is 15.2. The number of anilines is 1. The van der Waals surface area contributed by atoms with Gasteiger partial charge in [-0.2, -0.15) is 5.10 Å². The predicted octanol–water partition coefficient (Wildman–Crippen LogP) is 1.47. The first-order chi connectivity index (χ1) is 9.41. The van der Waals surface area contributed by atoms with Crippen molar-refractivity contribution in [2.45, 2.75) is 46.5 Å². The van der Waals surface area contributed by atoms with E-state index in [0.29, 0.717) is 12.2 Å². The molecular weight excluding hydrogens is 256 g/mol. The van der Waals surface area contributed by atoms with Gasteiger partial charge in [-0.25, -0.2) is 0 Å². The van der Waals surface area contributed by atoms with E-state index in [0.717, 1.165) is 31.4 Å². The molecule has 0 aliphatic carbocycles. The first-order valence-corrected chi connectivity index (χ1v) is 7.13. The second-order valence-electron chi connectivity index (χ2n) is 5.89. The van der Waals surface area contributed by atoms with Gasteiger partial charge in [0.25, 0.3) is 5.91 Å². The smallest absolute Gasteiger partial charge is 0.273 e. The lowest BCUT2D eigenvalue weighted by Crippen LogP contribution is -2.34. The van der Waals surface area contributed by atoms with Gasteiger partial charge in [-0.05, 0) is 24.7 Å². The Morgan fingerprint density at radius 3 is 2.80 bits per heavy atom. The van der Waals surface area contributed by atoms with Crippen LogP contribution in [-0.4, -0.2) is 34.4 Å². The standard InChI is InChI=1S/C14H26N4O2/c1-4-6-10-11(15)12(18-17-10)13(20)16-9-14(2,3)7-5-8-19/h19H,4-9,15H2,1-3H3,(H,16,20)(H,17,18). The molecule has 20 heavy (non-hydrogen) atoms. The van der Waals surface area contributed by atoms with Crippen molar-refractivity contribution < 1.29 is 9.90 Å². The third-order valence-electron chi connectivity index (χ3n) is 3.34. The second-order valence-corrected chi connectivity index (χ2v) is 5.89. The molecule has 5 N–H and O–H groups in total. The minimum atomic E-state index is -0.252. The van der Waals surface area contributed by atoms with Gasteiger partial charge in [0, 0.05) is 13.2 Å². The van der Waals surface area contributed by atoms with E-state index in [9.17, 15) is 4.79 Å². The average molecular weight is 282 g/mol. The molecule has 6 heteroatoms. The van der Waals surface area contributed by atoms with E-state index >= 15 is 0 Å². The van der Waals surface area contributed by atoms with Gasteiger partial charge in [-0.1, -0.05) is 27.2 Å². The molecule has 0 radical (unpaired) electrons. The van der Waals surface area contributed by atoms with Crippen molar-refractivity contribution in [3.63, 3.8) is 0 Å². The van der Waals surface area contributed by atoms with Crippen LogP contribution in [0.3, 0.4) is 0 Å². The van der Waals surface area contributed by atoms with E-state index < -0.39 is 0 Å². The van der Waals surface area contributed by atoms with E-state index in [1.807, 2.05) is 6.92 Å². The number of aryl methyl sites for hydroxylation is 1. The Kier molecular flexibility index (Phi) is 6.01. The van der Waals surface area contributed by atoms with E-state index in [4.69, 9.17) is 10.8 Å². The van der Waals surface area contributed by atoms with Crippen molar-refractivity contribution in [1.29, 1.82) is 0 Å². The largest absolute Gasteiger partial charge is 0.396 e. The summed E-state index contributed by atoms with van der Waals surface area (Å²) < 4.78 is 0. The molecule has 0 aromatic carbocycles. The van der Waals surface area contributed by atoms with Crippen LogP contribution in [0.1, 0.15) is 56.2 Å². The number of nitrogens with one attached hydrogen (secondary N) is 2. The minimum Gasteiger partial charge on any atom is -0.396 e. The third-order valence-corrected chi connectivity index (χ3v) is 3.34. The molecule has 0 saturated heterocycles. The summed E-state index contributed by atoms with van der Waals surface area (Å²) in [7, 11) is 0. The molecule has 0 spiro atoms. The van der Waals surface area contributed by atoms with E-state index in [-0.39, 0.29) is 23.6 Å². The molecular formula is C14H26N4O2. The van der Waals surface area contributed by atoms with Gasteiger partial charge < -0.3 is 16.2 Å². The lowest BCUT2D eigenvalue weighted by Gasteiger charge is -2.24. The monoisotopic (exact) mass is 282 g/mol. The van der Waals surface area contributed by atoms with Crippen LogP contribution in [0.15, 0.2) is 0 Å². The first-order valence-electron chi connectivity index (χ1n) is 7.13. The van der Waals surface area contributed by atoms with Gasteiger partial charge in [0.05, 0.1) is 11.4 Å². The van der Waals surface area contributed by atoms with Crippen LogP contribution in [0.4, 0.5) is 5.69 Å². The Morgan fingerprint density at radius 1 is 1.50 bits per heavy atom. The molecule has 0 saturated carbocycles. The molecule has 0 unspecified atom stereocenters. The molecule has 1 rings (SSSR count). The van der Waals surface area contributed by atoms with Gasteiger partial charge in [-0.15, -0.1) is 0 Å². The quantitative estimate of drug-likeness (QED) is 0.579. The van der Waals surface area contributed by atoms with Gasteiger partial charge in [0.1, 0.15) is 0 Å². The Balaban J connectivity index is 2.59. The number of hydrogen-bond donors (Lipinski definition) is 4. The van der Waals surface area contributed by atoms with Crippen molar-refractivity contribution in [3.8, 4) is 0 Å². The van der Waals surface area contributed by atoms with Crippen LogP contribution in [-0.2, 0) is 6.42 Å². The number of nitrogens with two attached hydrogens (primary N) is 1. The molecule has 0 aliphatic rings. The summed E-state index contributed by atoms with van der Waals surface area (Å²) in [5, 5.41) is 18.5. The number of aromatic amines is 1. The van der Waals surface area contributed by atoms with Gasteiger partial charge in [-0.3, -0.25) is 9.89 Å². The Labute approximate surface area is 120 Å². The summed E-state index contributed by atoms with van der Waals surface area (Å²) >= 11 is 0. The van der Waals surface area contributed by atoms with Crippen molar-refractivity contribution in [1.82, 2.24) is 15.5 Å². The van der Waals surface area contributed by atoms with Crippen LogP contribution in [0, 0.1) is 5.41 Å². The lowest BCUT2D eigenvalue weighted by molar-refractivity contribution is 0.0929. The highest BCUT2D eigenvalue weighted by Gasteiger charge is 2.21. The molecule has 0 fully saturated rings. The SMILES string of the molecule is CCCc1[nH]nc(C(=O)NCC(C)(C)CCCO)c1N. The summed E-state index contributed by atoms with van der Waals surface area (Å²) in [6.07, 6.45) is 3.31. The number of nitrogen functional groups attached to an aromatic ring is 1. The predicted molar refractivity (Wildman–Crippen MR) is 79.4 cm³/mol. The minimum absolute atomic E-state index is 0.0598. The van der Waals surface area contributed by atoms with E-state index in [1.165, 1.54) is 0 Å². The lowest BCUT2D eigenvalue weighted by atomic mass is 9.88. The highest BCUT2D eigenvalue weighted by molar-refractivity contribution is 5.97. The number of hydrogen-bond acceptors (Lipinski definition) is 4. The molecule has 6 nitrogen and oxygen atoms in total. The molecule has 0 atom stereocenters. The van der Waals surface area contributed by atoms with Gasteiger partial charge in [0.2, 0.25) is 0 Å². The fourth-order valence-corrected chi connectivity index (χ4v) is 2.05. The molecule has 1 aromatic heterocycles. The van der Waals surface area contributed by atoms with E-state index in [2.05, 4.69) is 29.4 Å². The second kappa shape index (κ2) is 7.28. The van der Waals surface area contributed by atoms with Gasteiger partial charge >= 0.3 is 0 Å². The molecule has 1 amide bonds. The number of rotatable bonds is 8. The third kappa shape index (κ3) is 4.52. The fraction of sp³-hybridized carbons (Fsp3) is 0.714. The molecule has 1 aromatic rings. The number of H-pyrrole nitrogens is 1. The number of amides is 1. The summed E-state index contributed by atoms with van der Waals surface area (Å²) in [4.78, 5) is 12.1. The zero-order valence-corrected chi connectivity index (χ0v) is 12.6. The summed E-state index contributed by atoms with van der Waals surface area (Å²) in [5.74, 6) is -0.252. The highest BCUT2D eigenvalue weighted by Crippen LogP contribution is 2.21. The maximum atomic E-state index is 12.1. The normalized spacial score (nSPS) is 11.6. The molecule has 114 valence electrons. The van der Waals surface area contributed by atoms with Crippen LogP contribution in [0.5, 0.6) is 0 Å². The number of carbonyl (C=O) groups is 1. The summed E-state index contributed by atoms with van der Waals surface area (Å²) in [5.41, 5.74) is 7.39. The Bertz CT molecular complexity index is 440. The topological polar surface area (TPSA) is 104 Å². The highest BCUT2D eigenvalue weighted by atomic mass is 16.2. The van der Waals surface area contributed by atoms with Crippen molar-refractivity contribution in [2.24, 2.45) is 5.41 Å². The number of aromatic nitrogens is 2. The number of aliphatic hydroxyl groups is 1. The molecule has 0 bridgehead atoms. The summed E-state index contributed by atoms with van der Waals surface area (Å²) in [6, 6.07) is 0. The summed E-state index contributed by atoms with van der Waals surface area (Å²) in [6.45, 7) is 6.85. The van der Waals surface area contributed by atoms with Crippen LogP contribution in [0.2, 0.25) is 0 Å². The maximum absolute atomic E-state index is 12.1. The van der Waals surface area contributed by atoms with E-state index in [1.54, 1.807) is 0 Å². The van der Waals surface area contributed by atoms with Crippen molar-refractivity contribution in [3.05, 3.63) is 11.4 Å². The zero-order valence-electron chi connectivity index (χ0n) is 12.6. The first kappa shape index (κ1) is 16.5. The van der Waals surface area contributed by atoms with Crippen molar-refractivity contribution >= 4 is 11.6 Å². The average Bonchev–Trinajstić information content (AvgIpc) is 2.76.